The molecule has 0 aliphatic rings. The second-order valence-electron chi connectivity index (χ2n) is 2.45. The normalized spacial score (nSPS) is 9.00. The molecule has 0 radical (unpaired) electrons. The van der Waals surface area contributed by atoms with Crippen LogP contribution >= 0.6 is 0 Å². The summed E-state index contributed by atoms with van der Waals surface area (Å²) in [5.41, 5.74) is 0.509. The van der Waals surface area contributed by atoms with Gasteiger partial charge in [-0.05, 0) is 6.07 Å². The van der Waals surface area contributed by atoms with Gasteiger partial charge < -0.3 is 10.0 Å². The van der Waals surface area contributed by atoms with Crippen molar-refractivity contribution in [1.29, 1.82) is 5.26 Å². The highest BCUT2D eigenvalue weighted by Crippen LogP contribution is 1.99. The van der Waals surface area contributed by atoms with Gasteiger partial charge in [0.15, 0.2) is 0 Å². The topological polar surface area (TPSA) is 81.3 Å². The fourth-order valence-electron chi connectivity index (χ4n) is 0.970. The summed E-state index contributed by atoms with van der Waals surface area (Å²) in [5, 5.41) is 26.3. The van der Waals surface area contributed by atoms with Crippen molar-refractivity contribution in [3.63, 3.8) is 0 Å². The van der Waals surface area contributed by atoms with Gasteiger partial charge in [-0.2, -0.15) is 5.26 Å². The molecular formula is C8H6BNO3. The Morgan fingerprint density at radius 1 is 1.46 bits per heavy atom. The van der Waals surface area contributed by atoms with Crippen molar-refractivity contribution in [2.45, 2.75) is 0 Å². The van der Waals surface area contributed by atoms with Gasteiger partial charge in [0, 0.05) is 11.0 Å². The molecule has 1 aromatic rings. The van der Waals surface area contributed by atoms with Gasteiger partial charge in [-0.15, -0.1) is 0 Å². The fourth-order valence-corrected chi connectivity index (χ4v) is 0.970. The van der Waals surface area contributed by atoms with E-state index >= 15 is 0 Å². The highest BCUT2D eigenvalue weighted by atomic mass is 16.4. The molecule has 0 bridgehead atoms. The maximum Gasteiger partial charge on any atom is 0.489 e. The van der Waals surface area contributed by atoms with Gasteiger partial charge in [-0.3, -0.25) is 4.79 Å². The summed E-state index contributed by atoms with van der Waals surface area (Å²) in [7, 11) is -1.73. The molecule has 0 atom stereocenters. The Labute approximate surface area is 75.2 Å². The number of nitrogens with zero attached hydrogens (tertiary/aromatic N) is 1. The molecule has 0 spiro atoms. The zero-order chi connectivity index (χ0) is 9.84. The fraction of sp³-hybridized carbons (Fsp3) is 0. The summed E-state index contributed by atoms with van der Waals surface area (Å²) in [6.07, 6.45) is 0.576. The minimum atomic E-state index is -1.73. The number of hydrogen-bond donors (Lipinski definition) is 2. The highest BCUT2D eigenvalue weighted by molar-refractivity contribution is 6.59. The van der Waals surface area contributed by atoms with Crippen LogP contribution in [0, 0.1) is 11.3 Å². The van der Waals surface area contributed by atoms with Crippen molar-refractivity contribution >= 4 is 18.9 Å². The predicted molar refractivity (Wildman–Crippen MR) is 46.4 cm³/mol. The number of carbonyl (C=O) groups is 1. The van der Waals surface area contributed by atoms with Crippen LogP contribution in [0.15, 0.2) is 18.2 Å². The summed E-state index contributed by atoms with van der Waals surface area (Å²) in [6.45, 7) is 0. The molecule has 0 heterocycles. The molecule has 1 aromatic carbocycles. The lowest BCUT2D eigenvalue weighted by Gasteiger charge is -2.01. The van der Waals surface area contributed by atoms with E-state index in [1.54, 1.807) is 6.07 Å². The Bertz CT molecular complexity index is 370. The van der Waals surface area contributed by atoms with E-state index < -0.39 is 7.12 Å². The van der Waals surface area contributed by atoms with Crippen LogP contribution in [-0.4, -0.2) is 23.5 Å². The molecule has 64 valence electrons. The van der Waals surface area contributed by atoms with Gasteiger partial charge in [0.25, 0.3) is 0 Å². The average Bonchev–Trinajstić information content (AvgIpc) is 2.16. The molecule has 2 N–H and O–H groups in total. The summed E-state index contributed by atoms with van der Waals surface area (Å²) in [4.78, 5) is 10.3. The van der Waals surface area contributed by atoms with Gasteiger partial charge in [0.2, 0.25) is 0 Å². The molecule has 0 aliphatic carbocycles. The van der Waals surface area contributed by atoms with E-state index in [0.717, 1.165) is 0 Å². The third-order valence-corrected chi connectivity index (χ3v) is 1.61. The van der Waals surface area contributed by atoms with Crippen LogP contribution < -0.4 is 5.46 Å². The van der Waals surface area contributed by atoms with Crippen molar-refractivity contribution < 1.29 is 14.8 Å². The zero-order valence-electron chi connectivity index (χ0n) is 6.64. The van der Waals surface area contributed by atoms with Crippen molar-refractivity contribution in [3.05, 3.63) is 29.3 Å². The molecule has 5 heteroatoms. The molecule has 0 amide bonds. The number of hydrogen-bond acceptors (Lipinski definition) is 4. The first-order valence-corrected chi connectivity index (χ1v) is 3.54. The molecule has 0 aliphatic heterocycles. The van der Waals surface area contributed by atoms with E-state index in [2.05, 4.69) is 0 Å². The van der Waals surface area contributed by atoms with Crippen LogP contribution in [0.3, 0.4) is 0 Å². The number of carbonyl (C=O) groups excluding carboxylic acids is 1. The van der Waals surface area contributed by atoms with Gasteiger partial charge in [-0.1, -0.05) is 12.1 Å². The lowest BCUT2D eigenvalue weighted by Crippen LogP contribution is -2.32. The molecule has 13 heavy (non-hydrogen) atoms. The molecule has 0 unspecified atom stereocenters. The first-order chi connectivity index (χ1) is 6.19. The lowest BCUT2D eigenvalue weighted by molar-refractivity contribution is 0.112. The zero-order valence-corrected chi connectivity index (χ0v) is 6.64. The number of nitriles is 1. The first-order valence-electron chi connectivity index (χ1n) is 3.54. The van der Waals surface area contributed by atoms with Crippen molar-refractivity contribution in [1.82, 2.24) is 0 Å². The predicted octanol–water partition coefficient (Wildman–Crippen LogP) is -0.949. The van der Waals surface area contributed by atoms with E-state index in [-0.39, 0.29) is 11.0 Å². The van der Waals surface area contributed by atoms with Crippen LogP contribution in [0.5, 0.6) is 0 Å². The first kappa shape index (κ1) is 9.45. The average molecular weight is 175 g/mol. The van der Waals surface area contributed by atoms with Crippen molar-refractivity contribution in [3.8, 4) is 6.07 Å². The molecular weight excluding hydrogens is 169 g/mol. The smallest absolute Gasteiger partial charge is 0.423 e. The van der Waals surface area contributed by atoms with Crippen LogP contribution in [0.1, 0.15) is 15.9 Å². The third kappa shape index (κ3) is 1.93. The van der Waals surface area contributed by atoms with E-state index in [1.807, 2.05) is 0 Å². The van der Waals surface area contributed by atoms with Gasteiger partial charge in [-0.25, -0.2) is 0 Å². The Morgan fingerprint density at radius 2 is 2.15 bits per heavy atom. The Hall–Kier alpha value is -1.64. The van der Waals surface area contributed by atoms with Gasteiger partial charge in [0.1, 0.15) is 6.29 Å². The molecule has 4 nitrogen and oxygen atoms in total. The molecule has 0 saturated carbocycles. The van der Waals surface area contributed by atoms with E-state index in [4.69, 9.17) is 15.3 Å². The van der Waals surface area contributed by atoms with Crippen LogP contribution in [0.25, 0.3) is 0 Å². The highest BCUT2D eigenvalue weighted by Gasteiger charge is 2.16. The Kier molecular flexibility index (Phi) is 2.80. The standard InChI is InChI=1S/C8H6BNO3/c10-4-7-2-1-6(5-11)3-8(7)9(12)13/h1-3,5,12-13H. The summed E-state index contributed by atoms with van der Waals surface area (Å²) in [6, 6.07) is 5.88. The number of aldehydes is 1. The van der Waals surface area contributed by atoms with Crippen LogP contribution in [-0.2, 0) is 0 Å². The minimum absolute atomic E-state index is 0.0482. The van der Waals surface area contributed by atoms with Gasteiger partial charge in [0.05, 0.1) is 11.6 Å². The Morgan fingerprint density at radius 3 is 2.62 bits per heavy atom. The monoisotopic (exact) mass is 175 g/mol. The van der Waals surface area contributed by atoms with E-state index in [0.29, 0.717) is 11.8 Å². The van der Waals surface area contributed by atoms with E-state index in [1.165, 1.54) is 18.2 Å². The SMILES string of the molecule is N#Cc1ccc(C=O)cc1B(O)O. The molecule has 1 rings (SSSR count). The van der Waals surface area contributed by atoms with Crippen molar-refractivity contribution in [2.24, 2.45) is 0 Å². The Balaban J connectivity index is 3.27. The lowest BCUT2D eigenvalue weighted by atomic mass is 9.76. The summed E-state index contributed by atoms with van der Waals surface area (Å²) >= 11 is 0. The summed E-state index contributed by atoms with van der Waals surface area (Å²) < 4.78 is 0. The third-order valence-electron chi connectivity index (χ3n) is 1.61. The van der Waals surface area contributed by atoms with Crippen molar-refractivity contribution in [2.75, 3.05) is 0 Å². The number of benzene rings is 1. The summed E-state index contributed by atoms with van der Waals surface area (Å²) in [5.74, 6) is 0. The van der Waals surface area contributed by atoms with Crippen LogP contribution in [0.4, 0.5) is 0 Å². The quantitative estimate of drug-likeness (QED) is 0.448. The maximum absolute atomic E-state index is 10.3. The van der Waals surface area contributed by atoms with Crippen LogP contribution in [0.2, 0.25) is 0 Å². The molecule has 0 fully saturated rings. The second-order valence-corrected chi connectivity index (χ2v) is 2.45. The van der Waals surface area contributed by atoms with E-state index in [9.17, 15) is 4.79 Å². The minimum Gasteiger partial charge on any atom is -0.423 e. The molecule has 0 aromatic heterocycles. The largest absolute Gasteiger partial charge is 0.489 e. The van der Waals surface area contributed by atoms with Gasteiger partial charge >= 0.3 is 7.12 Å². The molecule has 0 saturated heterocycles. The number of rotatable bonds is 2. The second kappa shape index (κ2) is 3.85. The maximum atomic E-state index is 10.3.